The molecule has 0 aliphatic carbocycles. The maximum atomic E-state index is 12.7. The Balaban J connectivity index is 3.14. The fourth-order valence-corrected chi connectivity index (χ4v) is 0.698. The van der Waals surface area contributed by atoms with Crippen LogP contribution in [0.1, 0.15) is 11.5 Å². The highest BCUT2D eigenvalue weighted by Gasteiger charge is 2.39. The smallest absolute Gasteiger partial charge is 0.317 e. The molecule has 1 heterocycles. The monoisotopic (exact) mass is 227 g/mol. The van der Waals surface area contributed by atoms with E-state index in [2.05, 4.69) is 14.7 Å². The van der Waals surface area contributed by atoms with E-state index in [9.17, 15) is 22.0 Å². The summed E-state index contributed by atoms with van der Waals surface area (Å²) in [5, 5.41) is 0. The van der Waals surface area contributed by atoms with E-state index in [-0.39, 0.29) is 0 Å². The molecule has 0 saturated heterocycles. The largest absolute Gasteiger partial charge is 0.434 e. The van der Waals surface area contributed by atoms with E-state index in [1.807, 2.05) is 0 Å². The lowest BCUT2D eigenvalue weighted by Gasteiger charge is -2.13. The van der Waals surface area contributed by atoms with Gasteiger partial charge in [0.15, 0.2) is 5.69 Å². The van der Waals surface area contributed by atoms with Gasteiger partial charge in [-0.1, -0.05) is 0 Å². The van der Waals surface area contributed by atoms with Crippen molar-refractivity contribution < 1.29 is 26.7 Å². The molecule has 0 N–H and O–H groups in total. The van der Waals surface area contributed by atoms with E-state index in [0.29, 0.717) is 13.3 Å². The molecule has 1 aromatic rings. The molecule has 1 rings (SSSR count). The van der Waals surface area contributed by atoms with Crippen LogP contribution in [0.5, 0.6) is 0 Å². The third-order valence-electron chi connectivity index (χ3n) is 1.39. The standard InChI is InChI=1S/C7H4F5N2O/c1-15-7(11,12)5-13-3-2-4(14-5)6(8,9)10/h3H,1H3. The Hall–Kier alpha value is -1.31. The summed E-state index contributed by atoms with van der Waals surface area (Å²) in [6, 6.07) is 1.61. The number of rotatable bonds is 2. The molecule has 8 heteroatoms. The Morgan fingerprint density at radius 2 is 1.87 bits per heavy atom. The zero-order valence-electron chi connectivity index (χ0n) is 7.27. The fraction of sp³-hybridized carbons (Fsp3) is 0.429. The molecule has 0 aliphatic rings. The average Bonchev–Trinajstić information content (AvgIpc) is 2.17. The number of methoxy groups -OCH3 is 1. The molecule has 0 unspecified atom stereocenters. The first-order chi connectivity index (χ1) is 6.77. The summed E-state index contributed by atoms with van der Waals surface area (Å²) < 4.78 is 65.3. The predicted octanol–water partition coefficient (Wildman–Crippen LogP) is 1.99. The Kier molecular flexibility index (Phi) is 2.89. The van der Waals surface area contributed by atoms with Crippen LogP contribution in [0.25, 0.3) is 0 Å². The van der Waals surface area contributed by atoms with Crippen LogP contribution in [0.3, 0.4) is 0 Å². The number of ether oxygens (including phenoxy) is 1. The molecule has 0 fully saturated rings. The van der Waals surface area contributed by atoms with Gasteiger partial charge in [-0.2, -0.15) is 22.0 Å². The van der Waals surface area contributed by atoms with Crippen LogP contribution >= 0.6 is 0 Å². The van der Waals surface area contributed by atoms with Gasteiger partial charge < -0.3 is 4.74 Å². The van der Waals surface area contributed by atoms with Gasteiger partial charge in [-0.3, -0.25) is 0 Å². The lowest BCUT2D eigenvalue weighted by molar-refractivity contribution is -0.238. The van der Waals surface area contributed by atoms with Crippen molar-refractivity contribution in [3.63, 3.8) is 0 Å². The van der Waals surface area contributed by atoms with E-state index in [4.69, 9.17) is 0 Å². The maximum absolute atomic E-state index is 12.7. The van der Waals surface area contributed by atoms with Gasteiger partial charge in [0.2, 0.25) is 5.82 Å². The van der Waals surface area contributed by atoms with Crippen LogP contribution in [-0.4, -0.2) is 17.1 Å². The van der Waals surface area contributed by atoms with E-state index < -0.39 is 23.8 Å². The topological polar surface area (TPSA) is 35.0 Å². The highest BCUT2D eigenvalue weighted by Crippen LogP contribution is 2.30. The number of halogens is 5. The molecule has 0 spiro atoms. The van der Waals surface area contributed by atoms with Crippen molar-refractivity contribution in [2.45, 2.75) is 12.3 Å². The third-order valence-corrected chi connectivity index (χ3v) is 1.39. The first-order valence-electron chi connectivity index (χ1n) is 3.52. The van der Waals surface area contributed by atoms with Crippen LogP contribution in [0, 0.1) is 6.07 Å². The van der Waals surface area contributed by atoms with Crippen molar-refractivity contribution in [3.05, 3.63) is 23.8 Å². The normalized spacial score (nSPS) is 12.9. The summed E-state index contributed by atoms with van der Waals surface area (Å²) in [5.41, 5.74) is -1.57. The fourth-order valence-electron chi connectivity index (χ4n) is 0.698. The molecule has 0 aromatic carbocycles. The zero-order chi connectivity index (χ0) is 11.7. The second-order valence-corrected chi connectivity index (χ2v) is 2.41. The predicted molar refractivity (Wildman–Crippen MR) is 36.8 cm³/mol. The third kappa shape index (κ3) is 2.58. The van der Waals surface area contributed by atoms with Crippen LogP contribution in [0.2, 0.25) is 0 Å². The molecule has 15 heavy (non-hydrogen) atoms. The van der Waals surface area contributed by atoms with Crippen molar-refractivity contribution in [1.29, 1.82) is 0 Å². The van der Waals surface area contributed by atoms with E-state index in [0.717, 1.165) is 0 Å². The molecule has 0 aliphatic heterocycles. The Labute approximate surface area is 80.9 Å². The minimum Gasteiger partial charge on any atom is -0.317 e. The first kappa shape index (κ1) is 11.8. The van der Waals surface area contributed by atoms with Crippen LogP contribution in [-0.2, 0) is 17.0 Å². The summed E-state index contributed by atoms with van der Waals surface area (Å²) in [7, 11) is 0.632. The van der Waals surface area contributed by atoms with Gasteiger partial charge in [-0.15, -0.1) is 0 Å². The van der Waals surface area contributed by atoms with Gasteiger partial charge >= 0.3 is 12.3 Å². The van der Waals surface area contributed by atoms with Gasteiger partial charge in [-0.05, 0) is 0 Å². The minimum absolute atomic E-state index is 0.470. The average molecular weight is 227 g/mol. The minimum atomic E-state index is -4.85. The molecule has 0 amide bonds. The molecule has 0 atom stereocenters. The summed E-state index contributed by atoms with van der Waals surface area (Å²) in [5.74, 6) is -1.35. The second kappa shape index (κ2) is 3.69. The molecule has 1 radical (unpaired) electrons. The number of hydrogen-bond donors (Lipinski definition) is 0. The van der Waals surface area contributed by atoms with E-state index >= 15 is 0 Å². The van der Waals surface area contributed by atoms with Crippen molar-refractivity contribution >= 4 is 0 Å². The van der Waals surface area contributed by atoms with Gasteiger partial charge in [-0.25, -0.2) is 9.97 Å². The summed E-state index contributed by atoms with van der Waals surface area (Å²) >= 11 is 0. The Morgan fingerprint density at radius 3 is 2.33 bits per heavy atom. The summed E-state index contributed by atoms with van der Waals surface area (Å²) in [6.45, 7) is 0. The number of hydrogen-bond acceptors (Lipinski definition) is 3. The number of alkyl halides is 5. The van der Waals surface area contributed by atoms with Crippen molar-refractivity contribution in [2.75, 3.05) is 7.11 Å². The molecular weight excluding hydrogens is 223 g/mol. The van der Waals surface area contributed by atoms with Gasteiger partial charge in [0.1, 0.15) is 0 Å². The molecular formula is C7H4F5N2O. The lowest BCUT2D eigenvalue weighted by Crippen LogP contribution is -2.22. The summed E-state index contributed by atoms with van der Waals surface area (Å²) in [6.07, 6.45) is -8.32. The zero-order valence-corrected chi connectivity index (χ0v) is 7.27. The molecule has 83 valence electrons. The SMILES string of the molecule is COC(F)(F)c1nc[c]c(C(F)(F)F)n1. The van der Waals surface area contributed by atoms with Crippen molar-refractivity contribution in [1.82, 2.24) is 9.97 Å². The quantitative estimate of drug-likeness (QED) is 0.724. The maximum Gasteiger partial charge on any atom is 0.434 e. The Bertz CT molecular complexity index is 351. The van der Waals surface area contributed by atoms with E-state index in [1.165, 1.54) is 0 Å². The van der Waals surface area contributed by atoms with E-state index in [1.54, 1.807) is 6.07 Å². The highest BCUT2D eigenvalue weighted by atomic mass is 19.4. The summed E-state index contributed by atoms with van der Waals surface area (Å²) in [4.78, 5) is 5.57. The van der Waals surface area contributed by atoms with Crippen LogP contribution in [0.15, 0.2) is 6.20 Å². The van der Waals surface area contributed by atoms with Gasteiger partial charge in [0.25, 0.3) is 0 Å². The highest BCUT2D eigenvalue weighted by molar-refractivity contribution is 5.06. The molecule has 3 nitrogen and oxygen atoms in total. The van der Waals surface area contributed by atoms with Gasteiger partial charge in [0.05, 0.1) is 0 Å². The second-order valence-electron chi connectivity index (χ2n) is 2.41. The molecule has 0 saturated carbocycles. The van der Waals surface area contributed by atoms with Gasteiger partial charge in [0, 0.05) is 19.4 Å². The number of nitrogens with zero attached hydrogens (tertiary/aromatic N) is 2. The van der Waals surface area contributed by atoms with Crippen molar-refractivity contribution in [2.24, 2.45) is 0 Å². The number of aromatic nitrogens is 2. The van der Waals surface area contributed by atoms with Crippen LogP contribution < -0.4 is 0 Å². The molecule has 0 bridgehead atoms. The van der Waals surface area contributed by atoms with Crippen molar-refractivity contribution in [3.8, 4) is 0 Å². The van der Waals surface area contributed by atoms with Crippen LogP contribution in [0.4, 0.5) is 22.0 Å². The Morgan fingerprint density at radius 1 is 1.27 bits per heavy atom. The lowest BCUT2D eigenvalue weighted by atomic mass is 10.4. The first-order valence-corrected chi connectivity index (χ1v) is 3.52. The molecule has 1 aromatic heterocycles.